The van der Waals surface area contributed by atoms with Gasteiger partial charge in [-0.05, 0) is 41.1 Å². The van der Waals surface area contributed by atoms with Gasteiger partial charge in [-0.1, -0.05) is 27.7 Å². The molecule has 3 heteroatoms. The standard InChI is InChI=1S/C15H28N2S/c1-11(2)8-17(9-12(3)4)15(13(5)16)14-6-7-18-10-14/h6-7,10-13,15H,8-9,16H2,1-5H3. The van der Waals surface area contributed by atoms with Crippen molar-refractivity contribution in [3.05, 3.63) is 22.4 Å². The van der Waals surface area contributed by atoms with Gasteiger partial charge in [0.1, 0.15) is 0 Å². The van der Waals surface area contributed by atoms with Crippen molar-refractivity contribution in [2.24, 2.45) is 17.6 Å². The first-order valence-corrected chi connectivity index (χ1v) is 7.87. The Hall–Kier alpha value is -0.380. The summed E-state index contributed by atoms with van der Waals surface area (Å²) in [6, 6.07) is 2.73. The summed E-state index contributed by atoms with van der Waals surface area (Å²) < 4.78 is 0. The molecule has 1 aromatic rings. The van der Waals surface area contributed by atoms with Crippen molar-refractivity contribution in [1.29, 1.82) is 0 Å². The minimum atomic E-state index is 0.164. The molecule has 0 radical (unpaired) electrons. The second-order valence-electron chi connectivity index (χ2n) is 6.10. The van der Waals surface area contributed by atoms with Crippen LogP contribution in [0.3, 0.4) is 0 Å². The highest BCUT2D eigenvalue weighted by atomic mass is 32.1. The highest BCUT2D eigenvalue weighted by Crippen LogP contribution is 2.27. The molecule has 0 aliphatic carbocycles. The monoisotopic (exact) mass is 268 g/mol. The molecule has 0 aliphatic heterocycles. The highest BCUT2D eigenvalue weighted by molar-refractivity contribution is 7.07. The van der Waals surface area contributed by atoms with E-state index in [1.807, 2.05) is 0 Å². The summed E-state index contributed by atoms with van der Waals surface area (Å²) in [4.78, 5) is 2.56. The first-order valence-electron chi connectivity index (χ1n) is 6.93. The van der Waals surface area contributed by atoms with Gasteiger partial charge >= 0.3 is 0 Å². The van der Waals surface area contributed by atoms with Crippen LogP contribution < -0.4 is 5.73 Å². The lowest BCUT2D eigenvalue weighted by atomic mass is 9.99. The van der Waals surface area contributed by atoms with E-state index in [0.717, 1.165) is 13.1 Å². The molecule has 2 atom stereocenters. The lowest BCUT2D eigenvalue weighted by Crippen LogP contribution is -2.42. The second-order valence-corrected chi connectivity index (χ2v) is 6.88. The summed E-state index contributed by atoms with van der Waals surface area (Å²) in [7, 11) is 0. The molecule has 1 heterocycles. The van der Waals surface area contributed by atoms with Gasteiger partial charge in [-0.3, -0.25) is 4.90 Å². The van der Waals surface area contributed by atoms with Crippen molar-refractivity contribution < 1.29 is 0 Å². The van der Waals surface area contributed by atoms with Crippen LogP contribution in [-0.4, -0.2) is 24.0 Å². The maximum atomic E-state index is 6.24. The molecule has 0 fully saturated rings. The van der Waals surface area contributed by atoms with Crippen LogP contribution in [0.4, 0.5) is 0 Å². The van der Waals surface area contributed by atoms with Crippen LogP contribution in [0.5, 0.6) is 0 Å². The van der Waals surface area contributed by atoms with Gasteiger partial charge in [-0.2, -0.15) is 11.3 Å². The third-order valence-corrected chi connectivity index (χ3v) is 3.68. The van der Waals surface area contributed by atoms with E-state index in [1.54, 1.807) is 11.3 Å². The molecule has 2 unspecified atom stereocenters. The molecule has 0 aromatic carbocycles. The smallest absolute Gasteiger partial charge is 0.0504 e. The van der Waals surface area contributed by atoms with Gasteiger partial charge in [-0.15, -0.1) is 0 Å². The van der Waals surface area contributed by atoms with E-state index in [-0.39, 0.29) is 6.04 Å². The molecule has 2 nitrogen and oxygen atoms in total. The Kier molecular flexibility index (Phi) is 6.33. The van der Waals surface area contributed by atoms with Crippen LogP contribution in [-0.2, 0) is 0 Å². The van der Waals surface area contributed by atoms with Crippen LogP contribution >= 0.6 is 11.3 Å². The first-order chi connectivity index (χ1) is 8.41. The summed E-state index contributed by atoms with van der Waals surface area (Å²) in [5.74, 6) is 1.34. The van der Waals surface area contributed by atoms with Crippen molar-refractivity contribution in [1.82, 2.24) is 4.90 Å². The van der Waals surface area contributed by atoms with Gasteiger partial charge < -0.3 is 5.73 Å². The summed E-state index contributed by atoms with van der Waals surface area (Å²) in [6.45, 7) is 13.5. The molecule has 18 heavy (non-hydrogen) atoms. The van der Waals surface area contributed by atoms with Crippen molar-refractivity contribution in [2.45, 2.75) is 46.7 Å². The normalized spacial score (nSPS) is 15.6. The van der Waals surface area contributed by atoms with Crippen molar-refractivity contribution in [2.75, 3.05) is 13.1 Å². The number of thiophene rings is 1. The van der Waals surface area contributed by atoms with Crippen molar-refractivity contribution in [3.8, 4) is 0 Å². The van der Waals surface area contributed by atoms with Gasteiger partial charge in [0.2, 0.25) is 0 Å². The average molecular weight is 268 g/mol. The van der Waals surface area contributed by atoms with Crippen LogP contribution in [0, 0.1) is 11.8 Å². The van der Waals surface area contributed by atoms with Gasteiger partial charge in [0.25, 0.3) is 0 Å². The zero-order chi connectivity index (χ0) is 13.7. The number of hydrogen-bond acceptors (Lipinski definition) is 3. The molecule has 0 spiro atoms. The number of nitrogens with two attached hydrogens (primary N) is 1. The highest BCUT2D eigenvalue weighted by Gasteiger charge is 2.25. The van der Waals surface area contributed by atoms with Crippen LogP contribution in [0.2, 0.25) is 0 Å². The molecular formula is C15H28N2S. The summed E-state index contributed by atoms with van der Waals surface area (Å²) in [6.07, 6.45) is 0. The van der Waals surface area contributed by atoms with E-state index in [9.17, 15) is 0 Å². The minimum absolute atomic E-state index is 0.164. The SMILES string of the molecule is CC(C)CN(CC(C)C)C(c1ccsc1)C(C)N. The van der Waals surface area contributed by atoms with Gasteiger partial charge in [-0.25, -0.2) is 0 Å². The number of rotatable bonds is 7. The predicted molar refractivity (Wildman–Crippen MR) is 82.0 cm³/mol. The fourth-order valence-corrected chi connectivity index (χ4v) is 3.22. The number of nitrogens with zero attached hydrogens (tertiary/aromatic N) is 1. The maximum absolute atomic E-state index is 6.24. The van der Waals surface area contributed by atoms with E-state index < -0.39 is 0 Å². The Morgan fingerprint density at radius 3 is 2.00 bits per heavy atom. The first kappa shape index (κ1) is 15.7. The lowest BCUT2D eigenvalue weighted by molar-refractivity contribution is 0.140. The number of hydrogen-bond donors (Lipinski definition) is 1. The largest absolute Gasteiger partial charge is 0.326 e. The van der Waals surface area contributed by atoms with Crippen LogP contribution in [0.1, 0.15) is 46.2 Å². The van der Waals surface area contributed by atoms with E-state index in [0.29, 0.717) is 17.9 Å². The molecule has 1 rings (SSSR count). The van der Waals surface area contributed by atoms with Gasteiger partial charge in [0.05, 0.1) is 6.04 Å². The Morgan fingerprint density at radius 2 is 1.67 bits per heavy atom. The van der Waals surface area contributed by atoms with Gasteiger partial charge in [0.15, 0.2) is 0 Å². The van der Waals surface area contributed by atoms with Crippen molar-refractivity contribution >= 4 is 11.3 Å². The lowest BCUT2D eigenvalue weighted by Gasteiger charge is -2.36. The fraction of sp³-hybridized carbons (Fsp3) is 0.733. The zero-order valence-corrected chi connectivity index (χ0v) is 13.2. The molecule has 0 amide bonds. The minimum Gasteiger partial charge on any atom is -0.326 e. The summed E-state index contributed by atoms with van der Waals surface area (Å²) in [5, 5.41) is 4.38. The Morgan fingerprint density at radius 1 is 1.11 bits per heavy atom. The summed E-state index contributed by atoms with van der Waals surface area (Å²) in [5.41, 5.74) is 7.61. The molecule has 104 valence electrons. The molecule has 2 N–H and O–H groups in total. The maximum Gasteiger partial charge on any atom is 0.0504 e. The van der Waals surface area contributed by atoms with Crippen LogP contribution in [0.15, 0.2) is 16.8 Å². The van der Waals surface area contributed by atoms with E-state index >= 15 is 0 Å². The Bertz CT molecular complexity index is 307. The Balaban J connectivity index is 2.90. The molecule has 0 saturated heterocycles. The molecule has 0 saturated carbocycles. The average Bonchev–Trinajstić information content (AvgIpc) is 2.68. The third-order valence-electron chi connectivity index (χ3n) is 2.98. The third kappa shape index (κ3) is 4.71. The zero-order valence-electron chi connectivity index (χ0n) is 12.4. The fourth-order valence-electron chi connectivity index (χ4n) is 2.53. The Labute approximate surface area is 116 Å². The summed E-state index contributed by atoms with van der Waals surface area (Å²) >= 11 is 1.76. The quantitative estimate of drug-likeness (QED) is 0.816. The van der Waals surface area contributed by atoms with Crippen LogP contribution in [0.25, 0.3) is 0 Å². The molecular weight excluding hydrogens is 240 g/mol. The second kappa shape index (κ2) is 7.27. The van der Waals surface area contributed by atoms with E-state index in [2.05, 4.69) is 56.3 Å². The molecule has 0 aliphatic rings. The van der Waals surface area contributed by atoms with Gasteiger partial charge in [0, 0.05) is 19.1 Å². The van der Waals surface area contributed by atoms with E-state index in [4.69, 9.17) is 5.73 Å². The topological polar surface area (TPSA) is 29.3 Å². The van der Waals surface area contributed by atoms with Crippen molar-refractivity contribution in [3.63, 3.8) is 0 Å². The molecule has 0 bridgehead atoms. The predicted octanol–water partition coefficient (Wildman–Crippen LogP) is 3.75. The van der Waals surface area contributed by atoms with E-state index in [1.165, 1.54) is 5.56 Å². The molecule has 1 aromatic heterocycles.